The second-order valence-electron chi connectivity index (χ2n) is 9.17. The minimum absolute atomic E-state index is 0.0539. The molecule has 2 aromatic carbocycles. The lowest BCUT2D eigenvalue weighted by molar-refractivity contribution is -0.158. The van der Waals surface area contributed by atoms with Crippen LogP contribution in [0.25, 0.3) is 0 Å². The van der Waals surface area contributed by atoms with Gasteiger partial charge in [-0.2, -0.15) is 0 Å². The zero-order valence-electron chi connectivity index (χ0n) is 22.2. The van der Waals surface area contributed by atoms with Crippen LogP contribution in [0.4, 0.5) is 0 Å². The number of benzene rings is 2. The minimum atomic E-state index is -0.699. The van der Waals surface area contributed by atoms with Crippen LogP contribution < -0.4 is 9.47 Å². The van der Waals surface area contributed by atoms with Crippen molar-refractivity contribution >= 4 is 29.5 Å². The number of hydrogen-bond acceptors (Lipinski definition) is 8. The van der Waals surface area contributed by atoms with E-state index in [-0.39, 0.29) is 31.1 Å². The third kappa shape index (κ3) is 9.61. The van der Waals surface area contributed by atoms with Crippen molar-refractivity contribution in [3.05, 3.63) is 59.2 Å². The van der Waals surface area contributed by atoms with Crippen LogP contribution in [-0.2, 0) is 34.0 Å². The number of carbonyl (C=O) groups excluding carboxylic acids is 3. The topological polar surface area (TPSA) is 97.4 Å². The van der Waals surface area contributed by atoms with Gasteiger partial charge in [-0.3, -0.25) is 14.4 Å². The van der Waals surface area contributed by atoms with E-state index in [9.17, 15) is 14.4 Å². The highest BCUT2D eigenvalue weighted by molar-refractivity contribution is 6.18. The van der Waals surface area contributed by atoms with Gasteiger partial charge in [-0.05, 0) is 41.8 Å². The van der Waals surface area contributed by atoms with Crippen molar-refractivity contribution in [1.82, 2.24) is 0 Å². The molecule has 202 valence electrons. The van der Waals surface area contributed by atoms with Gasteiger partial charge in [-0.1, -0.05) is 38.1 Å². The van der Waals surface area contributed by atoms with Crippen LogP contribution in [0.3, 0.4) is 0 Å². The third-order valence-electron chi connectivity index (χ3n) is 5.64. The average molecular weight is 535 g/mol. The van der Waals surface area contributed by atoms with E-state index in [4.69, 9.17) is 35.3 Å². The Bertz CT molecular complexity index is 1060. The number of halogens is 1. The molecule has 0 aliphatic heterocycles. The first-order valence-corrected chi connectivity index (χ1v) is 12.5. The summed E-state index contributed by atoms with van der Waals surface area (Å²) in [6.07, 6.45) is -1.21. The molecule has 37 heavy (non-hydrogen) atoms. The molecule has 2 atom stereocenters. The Morgan fingerprint density at radius 1 is 0.784 bits per heavy atom. The van der Waals surface area contributed by atoms with Gasteiger partial charge < -0.3 is 23.7 Å². The molecule has 0 N–H and O–H groups in total. The standard InChI is InChI=1S/C28H35ClO8/c1-18-13-23(9-12-27(18)35-15-25(14-29)36-20(3)31)28(5,6)22-7-10-24(11-8-22)34-17-26(37-21(4)32)16-33-19(2)30/h7-13,25-26H,14-17H2,1-6H3/t25-,26-/m0/s1. The molecule has 0 radical (unpaired) electrons. The summed E-state index contributed by atoms with van der Waals surface area (Å²) in [6.45, 7) is 10.3. The molecular formula is C28H35ClO8. The second-order valence-corrected chi connectivity index (χ2v) is 9.48. The lowest BCUT2D eigenvalue weighted by Gasteiger charge is -2.27. The van der Waals surface area contributed by atoms with Crippen LogP contribution in [0.5, 0.6) is 11.5 Å². The molecule has 0 aromatic heterocycles. The maximum Gasteiger partial charge on any atom is 0.303 e. The fourth-order valence-corrected chi connectivity index (χ4v) is 3.76. The van der Waals surface area contributed by atoms with E-state index in [2.05, 4.69) is 19.9 Å². The van der Waals surface area contributed by atoms with Gasteiger partial charge in [0.1, 0.15) is 37.4 Å². The molecule has 0 spiro atoms. The molecule has 0 saturated heterocycles. The van der Waals surface area contributed by atoms with E-state index in [1.807, 2.05) is 43.3 Å². The Hall–Kier alpha value is -3.26. The van der Waals surface area contributed by atoms with Crippen molar-refractivity contribution < 1.29 is 38.1 Å². The summed E-state index contributed by atoms with van der Waals surface area (Å²) >= 11 is 5.86. The molecule has 0 saturated carbocycles. The maximum atomic E-state index is 11.3. The summed E-state index contributed by atoms with van der Waals surface area (Å²) in [6, 6.07) is 13.6. The van der Waals surface area contributed by atoms with E-state index in [0.29, 0.717) is 11.5 Å². The van der Waals surface area contributed by atoms with Gasteiger partial charge in [0, 0.05) is 26.2 Å². The van der Waals surface area contributed by atoms with Crippen molar-refractivity contribution in [2.75, 3.05) is 25.7 Å². The zero-order chi connectivity index (χ0) is 27.6. The van der Waals surface area contributed by atoms with Crippen LogP contribution >= 0.6 is 11.6 Å². The summed E-state index contributed by atoms with van der Waals surface area (Å²) in [5.41, 5.74) is 2.80. The molecule has 8 nitrogen and oxygen atoms in total. The highest BCUT2D eigenvalue weighted by Crippen LogP contribution is 2.34. The summed E-state index contributed by atoms with van der Waals surface area (Å²) in [7, 11) is 0. The Labute approximate surface area is 223 Å². The fraction of sp³-hybridized carbons (Fsp3) is 0.464. The van der Waals surface area contributed by atoms with Crippen LogP contribution in [0.2, 0.25) is 0 Å². The molecule has 0 amide bonds. The van der Waals surface area contributed by atoms with Crippen LogP contribution in [-0.4, -0.2) is 55.8 Å². The number of rotatable bonds is 13. The van der Waals surface area contributed by atoms with Crippen molar-refractivity contribution in [3.8, 4) is 11.5 Å². The SMILES string of the molecule is CC(=O)OC[C@@H](COc1ccc(C(C)(C)c2ccc(OC[C@H](CCl)OC(C)=O)c(C)c2)cc1)OC(C)=O. The minimum Gasteiger partial charge on any atom is -0.490 e. The normalized spacial score (nSPS) is 12.7. The quantitative estimate of drug-likeness (QED) is 0.206. The van der Waals surface area contributed by atoms with E-state index in [0.717, 1.165) is 16.7 Å². The van der Waals surface area contributed by atoms with E-state index in [1.54, 1.807) is 0 Å². The first-order chi connectivity index (χ1) is 17.4. The Morgan fingerprint density at radius 2 is 1.35 bits per heavy atom. The van der Waals surface area contributed by atoms with Gasteiger partial charge in [0.05, 0.1) is 5.88 Å². The van der Waals surface area contributed by atoms with Crippen molar-refractivity contribution in [2.45, 2.75) is 59.2 Å². The van der Waals surface area contributed by atoms with Crippen LogP contribution in [0, 0.1) is 6.92 Å². The number of aryl methyl sites for hydroxylation is 1. The molecule has 0 unspecified atom stereocenters. The Kier molecular flexibility index (Phi) is 11.2. The van der Waals surface area contributed by atoms with Crippen molar-refractivity contribution in [2.24, 2.45) is 0 Å². The van der Waals surface area contributed by atoms with E-state index >= 15 is 0 Å². The lowest BCUT2D eigenvalue weighted by atomic mass is 9.77. The molecule has 2 rings (SSSR count). The van der Waals surface area contributed by atoms with E-state index in [1.165, 1.54) is 20.8 Å². The molecule has 0 aliphatic rings. The Morgan fingerprint density at radius 3 is 1.89 bits per heavy atom. The number of carbonyl (C=O) groups is 3. The van der Waals surface area contributed by atoms with Gasteiger partial charge in [-0.15, -0.1) is 11.6 Å². The van der Waals surface area contributed by atoms with E-state index < -0.39 is 30.1 Å². The molecule has 2 aromatic rings. The summed E-state index contributed by atoms with van der Waals surface area (Å²) in [5.74, 6) is 0.112. The molecular weight excluding hydrogens is 500 g/mol. The van der Waals surface area contributed by atoms with Gasteiger partial charge in [0.2, 0.25) is 0 Å². The summed E-state index contributed by atoms with van der Waals surface area (Å²) < 4.78 is 26.8. The number of alkyl halides is 1. The smallest absolute Gasteiger partial charge is 0.303 e. The number of hydrogen-bond donors (Lipinski definition) is 0. The van der Waals surface area contributed by atoms with Gasteiger partial charge >= 0.3 is 17.9 Å². The predicted molar refractivity (Wildman–Crippen MR) is 139 cm³/mol. The average Bonchev–Trinajstić information content (AvgIpc) is 2.83. The number of ether oxygens (including phenoxy) is 5. The molecule has 0 aliphatic carbocycles. The highest BCUT2D eigenvalue weighted by atomic mass is 35.5. The zero-order valence-corrected chi connectivity index (χ0v) is 22.9. The first kappa shape index (κ1) is 30.0. The monoisotopic (exact) mass is 534 g/mol. The fourth-order valence-electron chi connectivity index (χ4n) is 3.61. The Balaban J connectivity index is 2.06. The molecule has 0 heterocycles. The van der Waals surface area contributed by atoms with Crippen LogP contribution in [0.1, 0.15) is 51.3 Å². The molecule has 0 bridgehead atoms. The predicted octanol–water partition coefficient (Wildman–Crippen LogP) is 4.74. The summed E-state index contributed by atoms with van der Waals surface area (Å²) in [4.78, 5) is 33.6. The second kappa shape index (κ2) is 13.9. The molecule has 9 heteroatoms. The largest absolute Gasteiger partial charge is 0.490 e. The van der Waals surface area contributed by atoms with Gasteiger partial charge in [0.15, 0.2) is 6.10 Å². The number of esters is 3. The maximum absolute atomic E-state index is 11.3. The van der Waals surface area contributed by atoms with Crippen molar-refractivity contribution in [1.29, 1.82) is 0 Å². The third-order valence-corrected chi connectivity index (χ3v) is 5.99. The molecule has 0 fully saturated rings. The summed E-state index contributed by atoms with van der Waals surface area (Å²) in [5, 5.41) is 0. The van der Waals surface area contributed by atoms with Gasteiger partial charge in [0.25, 0.3) is 0 Å². The van der Waals surface area contributed by atoms with Gasteiger partial charge in [-0.25, -0.2) is 0 Å². The van der Waals surface area contributed by atoms with Crippen LogP contribution in [0.15, 0.2) is 42.5 Å². The first-order valence-electron chi connectivity index (χ1n) is 11.9. The van der Waals surface area contributed by atoms with Crippen molar-refractivity contribution in [3.63, 3.8) is 0 Å². The lowest BCUT2D eigenvalue weighted by Crippen LogP contribution is -2.29. The highest BCUT2D eigenvalue weighted by Gasteiger charge is 2.24.